The molecular formula is C12H18N2O2. The molecule has 1 heterocycles. The number of hydrogen-bond donors (Lipinski definition) is 0. The van der Waals surface area contributed by atoms with Crippen LogP contribution in [0.2, 0.25) is 0 Å². The van der Waals surface area contributed by atoms with Gasteiger partial charge in [-0.1, -0.05) is 0 Å². The highest BCUT2D eigenvalue weighted by atomic mass is 16.5. The predicted octanol–water partition coefficient (Wildman–Crippen LogP) is 1.96. The van der Waals surface area contributed by atoms with Gasteiger partial charge in [0.05, 0.1) is 12.2 Å². The summed E-state index contributed by atoms with van der Waals surface area (Å²) in [6.07, 6.45) is 1.55. The van der Waals surface area contributed by atoms with E-state index in [9.17, 15) is 4.79 Å². The van der Waals surface area contributed by atoms with Crippen molar-refractivity contribution in [2.24, 2.45) is 0 Å². The van der Waals surface area contributed by atoms with E-state index < -0.39 is 0 Å². The molecule has 0 radical (unpaired) electrons. The van der Waals surface area contributed by atoms with Gasteiger partial charge in [0.1, 0.15) is 0 Å². The number of carbonyl (C=O) groups is 1. The van der Waals surface area contributed by atoms with Gasteiger partial charge in [-0.15, -0.1) is 0 Å². The van der Waals surface area contributed by atoms with Crippen LogP contribution < -0.4 is 4.74 Å². The highest BCUT2D eigenvalue weighted by Gasteiger charge is 2.14. The van der Waals surface area contributed by atoms with Gasteiger partial charge in [0.2, 0.25) is 5.88 Å². The van der Waals surface area contributed by atoms with Crippen LogP contribution >= 0.6 is 0 Å². The van der Waals surface area contributed by atoms with Crippen molar-refractivity contribution in [1.82, 2.24) is 9.88 Å². The van der Waals surface area contributed by atoms with Gasteiger partial charge >= 0.3 is 0 Å². The SMILES string of the molecule is CCOc1ccc(C(=O)N(C)C(C)C)cn1. The molecule has 1 rings (SSSR count). The third-order valence-corrected chi connectivity index (χ3v) is 2.37. The van der Waals surface area contributed by atoms with Crippen molar-refractivity contribution >= 4 is 5.91 Å². The second kappa shape index (κ2) is 5.49. The first-order valence-electron chi connectivity index (χ1n) is 5.42. The van der Waals surface area contributed by atoms with E-state index in [4.69, 9.17) is 4.74 Å². The van der Waals surface area contributed by atoms with Crippen molar-refractivity contribution in [2.45, 2.75) is 26.8 Å². The van der Waals surface area contributed by atoms with Gasteiger partial charge in [-0.05, 0) is 26.8 Å². The standard InChI is InChI=1S/C12H18N2O2/c1-5-16-11-7-6-10(8-13-11)12(15)14(4)9(2)3/h6-9H,5H2,1-4H3. The molecule has 0 spiro atoms. The fraction of sp³-hybridized carbons (Fsp3) is 0.500. The summed E-state index contributed by atoms with van der Waals surface area (Å²) in [4.78, 5) is 17.6. The first-order valence-corrected chi connectivity index (χ1v) is 5.42. The van der Waals surface area contributed by atoms with Crippen LogP contribution in [0.5, 0.6) is 5.88 Å². The first-order chi connectivity index (χ1) is 7.56. The van der Waals surface area contributed by atoms with Crippen molar-refractivity contribution in [1.29, 1.82) is 0 Å². The van der Waals surface area contributed by atoms with Gasteiger partial charge in [0, 0.05) is 25.4 Å². The number of nitrogens with zero attached hydrogens (tertiary/aromatic N) is 2. The van der Waals surface area contributed by atoms with Crippen LogP contribution in [0.15, 0.2) is 18.3 Å². The average Bonchev–Trinajstić information content (AvgIpc) is 2.28. The highest BCUT2D eigenvalue weighted by molar-refractivity contribution is 5.93. The first kappa shape index (κ1) is 12.5. The lowest BCUT2D eigenvalue weighted by Gasteiger charge is -2.21. The number of ether oxygens (including phenoxy) is 1. The smallest absolute Gasteiger partial charge is 0.255 e. The van der Waals surface area contributed by atoms with Crippen molar-refractivity contribution < 1.29 is 9.53 Å². The second-order valence-corrected chi connectivity index (χ2v) is 3.83. The van der Waals surface area contributed by atoms with Crippen LogP contribution in [-0.4, -0.2) is 35.5 Å². The van der Waals surface area contributed by atoms with Gasteiger partial charge in [-0.25, -0.2) is 4.98 Å². The molecule has 0 saturated heterocycles. The van der Waals surface area contributed by atoms with E-state index in [0.717, 1.165) is 0 Å². The molecule has 4 heteroatoms. The Morgan fingerprint density at radius 3 is 2.62 bits per heavy atom. The summed E-state index contributed by atoms with van der Waals surface area (Å²) in [5.41, 5.74) is 0.583. The molecule has 0 atom stereocenters. The summed E-state index contributed by atoms with van der Waals surface area (Å²) in [6, 6.07) is 3.63. The van der Waals surface area contributed by atoms with E-state index in [1.165, 1.54) is 0 Å². The number of hydrogen-bond acceptors (Lipinski definition) is 3. The Morgan fingerprint density at radius 1 is 1.50 bits per heavy atom. The molecule has 0 N–H and O–H groups in total. The molecule has 1 aromatic rings. The monoisotopic (exact) mass is 222 g/mol. The maximum atomic E-state index is 11.9. The minimum atomic E-state index is -0.0226. The molecule has 0 aromatic carbocycles. The van der Waals surface area contributed by atoms with Crippen LogP contribution in [-0.2, 0) is 0 Å². The number of carbonyl (C=O) groups excluding carboxylic acids is 1. The largest absolute Gasteiger partial charge is 0.478 e. The Labute approximate surface area is 96.2 Å². The van der Waals surface area contributed by atoms with Gasteiger partial charge in [-0.3, -0.25) is 4.79 Å². The molecular weight excluding hydrogens is 204 g/mol. The van der Waals surface area contributed by atoms with Gasteiger partial charge < -0.3 is 9.64 Å². The highest BCUT2D eigenvalue weighted by Crippen LogP contribution is 2.10. The summed E-state index contributed by atoms with van der Waals surface area (Å²) in [6.45, 7) is 6.42. The molecule has 1 amide bonds. The van der Waals surface area contributed by atoms with Crippen molar-refractivity contribution in [3.63, 3.8) is 0 Å². The maximum Gasteiger partial charge on any atom is 0.255 e. The topological polar surface area (TPSA) is 42.4 Å². The second-order valence-electron chi connectivity index (χ2n) is 3.83. The van der Waals surface area contributed by atoms with E-state index in [1.54, 1.807) is 30.3 Å². The molecule has 0 fully saturated rings. The Morgan fingerprint density at radius 2 is 2.19 bits per heavy atom. The summed E-state index contributed by atoms with van der Waals surface area (Å²) >= 11 is 0. The van der Waals surface area contributed by atoms with E-state index in [2.05, 4.69) is 4.98 Å². The Balaban J connectivity index is 2.77. The molecule has 0 aliphatic heterocycles. The lowest BCUT2D eigenvalue weighted by Crippen LogP contribution is -2.32. The third-order valence-electron chi connectivity index (χ3n) is 2.37. The summed E-state index contributed by atoms with van der Waals surface area (Å²) in [5.74, 6) is 0.525. The zero-order chi connectivity index (χ0) is 12.1. The minimum absolute atomic E-state index is 0.0226. The summed E-state index contributed by atoms with van der Waals surface area (Å²) < 4.78 is 5.21. The van der Waals surface area contributed by atoms with Crippen LogP contribution in [0.1, 0.15) is 31.1 Å². The average molecular weight is 222 g/mol. The van der Waals surface area contributed by atoms with E-state index >= 15 is 0 Å². The van der Waals surface area contributed by atoms with Crippen molar-refractivity contribution in [3.8, 4) is 5.88 Å². The fourth-order valence-corrected chi connectivity index (χ4v) is 1.18. The van der Waals surface area contributed by atoms with E-state index in [1.807, 2.05) is 20.8 Å². The van der Waals surface area contributed by atoms with Crippen LogP contribution in [0, 0.1) is 0 Å². The lowest BCUT2D eigenvalue weighted by molar-refractivity contribution is 0.0754. The Kier molecular flexibility index (Phi) is 4.28. The van der Waals surface area contributed by atoms with Crippen molar-refractivity contribution in [3.05, 3.63) is 23.9 Å². The molecule has 88 valence electrons. The fourth-order valence-electron chi connectivity index (χ4n) is 1.18. The van der Waals surface area contributed by atoms with Gasteiger partial charge in [0.15, 0.2) is 0 Å². The molecule has 0 aliphatic carbocycles. The molecule has 1 aromatic heterocycles. The normalized spacial score (nSPS) is 10.3. The van der Waals surface area contributed by atoms with Gasteiger partial charge in [-0.2, -0.15) is 0 Å². The number of rotatable bonds is 4. The van der Waals surface area contributed by atoms with E-state index in [0.29, 0.717) is 18.1 Å². The zero-order valence-corrected chi connectivity index (χ0v) is 10.2. The Hall–Kier alpha value is -1.58. The lowest BCUT2D eigenvalue weighted by atomic mass is 10.2. The molecule has 0 unspecified atom stereocenters. The van der Waals surface area contributed by atoms with Gasteiger partial charge in [0.25, 0.3) is 5.91 Å². The third kappa shape index (κ3) is 2.95. The van der Waals surface area contributed by atoms with Crippen molar-refractivity contribution in [2.75, 3.05) is 13.7 Å². The Bertz CT molecular complexity index is 347. The van der Waals surface area contributed by atoms with Crippen LogP contribution in [0.25, 0.3) is 0 Å². The van der Waals surface area contributed by atoms with Crippen LogP contribution in [0.3, 0.4) is 0 Å². The minimum Gasteiger partial charge on any atom is -0.478 e. The molecule has 4 nitrogen and oxygen atoms in total. The summed E-state index contributed by atoms with van der Waals surface area (Å²) in [7, 11) is 1.78. The van der Waals surface area contributed by atoms with Crippen LogP contribution in [0.4, 0.5) is 0 Å². The molecule has 16 heavy (non-hydrogen) atoms. The molecule has 0 saturated carbocycles. The number of pyridine rings is 1. The summed E-state index contributed by atoms with van der Waals surface area (Å²) in [5, 5.41) is 0. The zero-order valence-electron chi connectivity index (χ0n) is 10.2. The maximum absolute atomic E-state index is 11.9. The molecule has 0 bridgehead atoms. The number of amides is 1. The van der Waals surface area contributed by atoms with E-state index in [-0.39, 0.29) is 11.9 Å². The quantitative estimate of drug-likeness (QED) is 0.782. The molecule has 0 aliphatic rings. The number of aromatic nitrogens is 1. The predicted molar refractivity (Wildman–Crippen MR) is 62.6 cm³/mol.